The zero-order valence-corrected chi connectivity index (χ0v) is 8.36. The molecule has 1 N–H and O–H groups in total. The van der Waals surface area contributed by atoms with Crippen LogP contribution in [0.4, 0.5) is 0 Å². The molecule has 0 aliphatic carbocycles. The van der Waals surface area contributed by atoms with E-state index in [1.54, 1.807) is 6.07 Å². The second-order valence-corrected chi connectivity index (χ2v) is 3.47. The van der Waals surface area contributed by atoms with Gasteiger partial charge in [-0.2, -0.15) is 0 Å². The van der Waals surface area contributed by atoms with Gasteiger partial charge in [-0.25, -0.2) is 0 Å². The van der Waals surface area contributed by atoms with Gasteiger partial charge in [0.1, 0.15) is 5.75 Å². The Hall–Kier alpha value is -1.70. The maximum atomic E-state index is 9.61. The molecule has 1 heterocycles. The lowest BCUT2D eigenvalue weighted by molar-refractivity contribution is 0.470. The van der Waals surface area contributed by atoms with E-state index < -0.39 is 0 Å². The highest BCUT2D eigenvalue weighted by Crippen LogP contribution is 2.26. The molecule has 0 amide bonds. The van der Waals surface area contributed by atoms with Crippen LogP contribution in [-0.4, -0.2) is 9.67 Å². The maximum absolute atomic E-state index is 9.61. The SMILES string of the molecule is Cc1ccc(O)c(C)c1-n1cccc1. The van der Waals surface area contributed by atoms with Gasteiger partial charge in [0.2, 0.25) is 0 Å². The summed E-state index contributed by atoms with van der Waals surface area (Å²) in [4.78, 5) is 0. The van der Waals surface area contributed by atoms with E-state index in [1.165, 1.54) is 0 Å². The lowest BCUT2D eigenvalue weighted by atomic mass is 10.1. The summed E-state index contributed by atoms with van der Waals surface area (Å²) < 4.78 is 2.02. The van der Waals surface area contributed by atoms with Crippen LogP contribution in [0.1, 0.15) is 11.1 Å². The molecule has 2 aromatic rings. The third-order valence-electron chi connectivity index (χ3n) is 2.47. The minimum absolute atomic E-state index is 0.347. The van der Waals surface area contributed by atoms with E-state index in [0.717, 1.165) is 16.8 Å². The first-order valence-electron chi connectivity index (χ1n) is 4.62. The Morgan fingerprint density at radius 3 is 2.36 bits per heavy atom. The number of aromatic nitrogens is 1. The molecule has 0 saturated carbocycles. The molecular formula is C12H13NO. The van der Waals surface area contributed by atoms with Crippen molar-refractivity contribution in [2.24, 2.45) is 0 Å². The molecule has 2 rings (SSSR count). The Kier molecular flexibility index (Phi) is 2.04. The standard InChI is InChI=1S/C12H13NO/c1-9-5-6-11(14)10(2)12(9)13-7-3-4-8-13/h3-8,14H,1-2H3. The van der Waals surface area contributed by atoms with Gasteiger partial charge in [-0.1, -0.05) is 6.07 Å². The Balaban J connectivity index is 2.69. The minimum atomic E-state index is 0.347. The molecule has 2 nitrogen and oxygen atoms in total. The van der Waals surface area contributed by atoms with Crippen LogP contribution in [0, 0.1) is 13.8 Å². The minimum Gasteiger partial charge on any atom is -0.508 e. The maximum Gasteiger partial charge on any atom is 0.120 e. The van der Waals surface area contributed by atoms with Crippen molar-refractivity contribution in [1.82, 2.24) is 4.57 Å². The van der Waals surface area contributed by atoms with Crippen molar-refractivity contribution in [2.75, 3.05) is 0 Å². The normalized spacial score (nSPS) is 10.4. The average Bonchev–Trinajstić information content (AvgIpc) is 2.65. The predicted octanol–water partition coefficient (Wildman–Crippen LogP) is 2.80. The summed E-state index contributed by atoms with van der Waals surface area (Å²) in [5.41, 5.74) is 3.15. The van der Waals surface area contributed by atoms with Crippen LogP contribution < -0.4 is 0 Å². The number of phenolic OH excluding ortho intramolecular Hbond substituents is 1. The zero-order chi connectivity index (χ0) is 10.1. The quantitative estimate of drug-likeness (QED) is 0.729. The van der Waals surface area contributed by atoms with Crippen molar-refractivity contribution < 1.29 is 5.11 Å². The van der Waals surface area contributed by atoms with Gasteiger partial charge in [-0.05, 0) is 37.6 Å². The molecule has 2 heteroatoms. The topological polar surface area (TPSA) is 25.2 Å². The van der Waals surface area contributed by atoms with E-state index in [1.807, 2.05) is 49.0 Å². The second-order valence-electron chi connectivity index (χ2n) is 3.47. The molecule has 0 radical (unpaired) electrons. The first-order valence-corrected chi connectivity index (χ1v) is 4.62. The van der Waals surface area contributed by atoms with Crippen LogP contribution in [-0.2, 0) is 0 Å². The summed E-state index contributed by atoms with van der Waals surface area (Å²) in [6.07, 6.45) is 3.96. The Morgan fingerprint density at radius 1 is 1.07 bits per heavy atom. The van der Waals surface area contributed by atoms with Gasteiger partial charge in [0.05, 0.1) is 5.69 Å². The summed E-state index contributed by atoms with van der Waals surface area (Å²) >= 11 is 0. The number of hydrogen-bond donors (Lipinski definition) is 1. The van der Waals surface area contributed by atoms with Crippen LogP contribution in [0.3, 0.4) is 0 Å². The third-order valence-corrected chi connectivity index (χ3v) is 2.47. The highest BCUT2D eigenvalue weighted by Gasteiger charge is 2.07. The van der Waals surface area contributed by atoms with E-state index in [9.17, 15) is 5.11 Å². The van der Waals surface area contributed by atoms with Gasteiger partial charge in [-0.15, -0.1) is 0 Å². The molecule has 0 aliphatic heterocycles. The summed E-state index contributed by atoms with van der Waals surface area (Å²) in [7, 11) is 0. The third kappa shape index (κ3) is 1.29. The van der Waals surface area contributed by atoms with E-state index >= 15 is 0 Å². The first-order chi connectivity index (χ1) is 6.70. The number of hydrogen-bond acceptors (Lipinski definition) is 1. The monoisotopic (exact) mass is 187 g/mol. The van der Waals surface area contributed by atoms with Gasteiger partial charge in [-0.3, -0.25) is 0 Å². The van der Waals surface area contributed by atoms with Gasteiger partial charge in [0, 0.05) is 18.0 Å². The highest BCUT2D eigenvalue weighted by molar-refractivity contribution is 5.53. The van der Waals surface area contributed by atoms with Crippen molar-refractivity contribution in [3.63, 3.8) is 0 Å². The van der Waals surface area contributed by atoms with E-state index in [2.05, 4.69) is 0 Å². The van der Waals surface area contributed by atoms with E-state index in [4.69, 9.17) is 0 Å². The molecule has 1 aromatic carbocycles. The predicted molar refractivity (Wildman–Crippen MR) is 56.9 cm³/mol. The van der Waals surface area contributed by atoms with Crippen molar-refractivity contribution in [3.8, 4) is 11.4 Å². The molecular weight excluding hydrogens is 174 g/mol. The Labute approximate surface area is 83.4 Å². The molecule has 0 aliphatic rings. The van der Waals surface area contributed by atoms with Crippen LogP contribution >= 0.6 is 0 Å². The lowest BCUT2D eigenvalue weighted by Gasteiger charge is -2.12. The van der Waals surface area contributed by atoms with Crippen molar-refractivity contribution in [2.45, 2.75) is 13.8 Å². The molecule has 0 atom stereocenters. The summed E-state index contributed by atoms with van der Waals surface area (Å²) in [5, 5.41) is 9.61. The average molecular weight is 187 g/mol. The van der Waals surface area contributed by atoms with Gasteiger partial charge < -0.3 is 9.67 Å². The summed E-state index contributed by atoms with van der Waals surface area (Å²) in [5.74, 6) is 0.347. The molecule has 72 valence electrons. The van der Waals surface area contributed by atoms with E-state index in [-0.39, 0.29) is 0 Å². The fourth-order valence-electron chi connectivity index (χ4n) is 1.71. The van der Waals surface area contributed by atoms with Crippen LogP contribution in [0.25, 0.3) is 5.69 Å². The molecule has 14 heavy (non-hydrogen) atoms. The summed E-state index contributed by atoms with van der Waals surface area (Å²) in [6.45, 7) is 3.97. The van der Waals surface area contributed by atoms with Gasteiger partial charge in [0.25, 0.3) is 0 Å². The fourth-order valence-corrected chi connectivity index (χ4v) is 1.71. The van der Waals surface area contributed by atoms with Crippen LogP contribution in [0.2, 0.25) is 0 Å². The van der Waals surface area contributed by atoms with Crippen molar-refractivity contribution >= 4 is 0 Å². The Morgan fingerprint density at radius 2 is 1.71 bits per heavy atom. The van der Waals surface area contributed by atoms with Crippen LogP contribution in [0.15, 0.2) is 36.7 Å². The van der Waals surface area contributed by atoms with Crippen molar-refractivity contribution in [3.05, 3.63) is 47.8 Å². The number of aryl methyl sites for hydroxylation is 1. The Bertz CT molecular complexity index is 444. The van der Waals surface area contributed by atoms with Crippen molar-refractivity contribution in [1.29, 1.82) is 0 Å². The highest BCUT2D eigenvalue weighted by atomic mass is 16.3. The first kappa shape index (κ1) is 8.88. The number of nitrogens with zero attached hydrogens (tertiary/aromatic N) is 1. The van der Waals surface area contributed by atoms with E-state index in [0.29, 0.717) is 5.75 Å². The molecule has 1 aromatic heterocycles. The lowest BCUT2D eigenvalue weighted by Crippen LogP contribution is -1.97. The second kappa shape index (κ2) is 3.22. The molecule has 0 unspecified atom stereocenters. The smallest absolute Gasteiger partial charge is 0.120 e. The largest absolute Gasteiger partial charge is 0.508 e. The number of rotatable bonds is 1. The molecule has 0 fully saturated rings. The molecule has 0 saturated heterocycles. The zero-order valence-electron chi connectivity index (χ0n) is 8.36. The number of aromatic hydroxyl groups is 1. The molecule has 0 spiro atoms. The number of benzene rings is 1. The van der Waals surface area contributed by atoms with Crippen LogP contribution in [0.5, 0.6) is 5.75 Å². The summed E-state index contributed by atoms with van der Waals surface area (Å²) in [6, 6.07) is 7.61. The fraction of sp³-hybridized carbons (Fsp3) is 0.167. The van der Waals surface area contributed by atoms with Gasteiger partial charge >= 0.3 is 0 Å². The molecule has 0 bridgehead atoms. The number of phenols is 1. The van der Waals surface area contributed by atoms with Gasteiger partial charge in [0.15, 0.2) is 0 Å².